The van der Waals surface area contributed by atoms with E-state index >= 15 is 0 Å². The summed E-state index contributed by atoms with van der Waals surface area (Å²) < 4.78 is 28.5. The van der Waals surface area contributed by atoms with Crippen molar-refractivity contribution < 1.29 is 17.9 Å². The van der Waals surface area contributed by atoms with Gasteiger partial charge in [-0.15, -0.1) is 0 Å². The van der Waals surface area contributed by atoms with Crippen molar-refractivity contribution in [2.75, 3.05) is 39.6 Å². The zero-order valence-electron chi connectivity index (χ0n) is 14.7. The van der Waals surface area contributed by atoms with E-state index in [1.165, 1.54) is 12.1 Å². The second-order valence-corrected chi connectivity index (χ2v) is 8.45. The van der Waals surface area contributed by atoms with Gasteiger partial charge >= 0.3 is 0 Å². The molecule has 1 aliphatic rings. The molecule has 1 fully saturated rings. The van der Waals surface area contributed by atoms with E-state index in [0.717, 1.165) is 12.8 Å². The fourth-order valence-corrected chi connectivity index (χ4v) is 3.87. The Bertz CT molecular complexity index is 678. The Morgan fingerprint density at radius 3 is 2.42 bits per heavy atom. The smallest absolute Gasteiger partial charge is 0.254 e. The summed E-state index contributed by atoms with van der Waals surface area (Å²) in [5.41, 5.74) is 0.419. The summed E-state index contributed by atoms with van der Waals surface area (Å²) in [7, 11) is -1.64. The van der Waals surface area contributed by atoms with Crippen molar-refractivity contribution in [2.24, 2.45) is 0 Å². The second kappa shape index (κ2) is 7.63. The molecule has 1 heterocycles. The Labute approximate surface area is 144 Å². The van der Waals surface area contributed by atoms with Gasteiger partial charge in [-0.25, -0.2) is 8.42 Å². The number of amides is 1. The van der Waals surface area contributed by atoms with Gasteiger partial charge in [-0.3, -0.25) is 9.69 Å². The third-order valence-corrected chi connectivity index (χ3v) is 5.56. The van der Waals surface area contributed by atoms with Crippen molar-refractivity contribution in [3.63, 3.8) is 0 Å². The van der Waals surface area contributed by atoms with Crippen molar-refractivity contribution in [3.05, 3.63) is 29.8 Å². The van der Waals surface area contributed by atoms with Crippen LogP contribution in [0.2, 0.25) is 0 Å². The van der Waals surface area contributed by atoms with Gasteiger partial charge in [-0.2, -0.15) is 0 Å². The first kappa shape index (κ1) is 18.9. The number of hydrogen-bond donors (Lipinski definition) is 0. The molecule has 1 aromatic carbocycles. The predicted octanol–water partition coefficient (Wildman–Crippen LogP) is 1.27. The minimum Gasteiger partial charge on any atom is -0.383 e. The molecule has 0 spiro atoms. The molecule has 0 N–H and O–H groups in total. The quantitative estimate of drug-likeness (QED) is 0.797. The number of ether oxygens (including phenoxy) is 1. The van der Waals surface area contributed by atoms with Crippen LogP contribution in [0.25, 0.3) is 0 Å². The zero-order valence-corrected chi connectivity index (χ0v) is 15.5. The highest BCUT2D eigenvalue weighted by Gasteiger charge is 2.32. The summed E-state index contributed by atoms with van der Waals surface area (Å²) in [6.07, 6.45) is 1.15. The Balaban J connectivity index is 2.14. The first-order valence-electron chi connectivity index (χ1n) is 8.08. The monoisotopic (exact) mass is 354 g/mol. The van der Waals surface area contributed by atoms with Crippen LogP contribution < -0.4 is 0 Å². The molecular weight excluding hydrogens is 328 g/mol. The molecule has 2 unspecified atom stereocenters. The van der Waals surface area contributed by atoms with Crippen LogP contribution in [0.3, 0.4) is 0 Å². The Morgan fingerprint density at radius 1 is 1.25 bits per heavy atom. The number of benzene rings is 1. The molecule has 1 amide bonds. The van der Waals surface area contributed by atoms with Crippen molar-refractivity contribution >= 4 is 15.7 Å². The lowest BCUT2D eigenvalue weighted by Gasteiger charge is -2.44. The van der Waals surface area contributed by atoms with E-state index in [4.69, 9.17) is 4.74 Å². The zero-order chi connectivity index (χ0) is 17.9. The van der Waals surface area contributed by atoms with Crippen molar-refractivity contribution in [1.82, 2.24) is 9.80 Å². The minimum atomic E-state index is -3.32. The van der Waals surface area contributed by atoms with E-state index < -0.39 is 9.84 Å². The largest absolute Gasteiger partial charge is 0.383 e. The fraction of sp³-hybridized carbons (Fsp3) is 0.588. The summed E-state index contributed by atoms with van der Waals surface area (Å²) in [6.45, 7) is 6.94. The Morgan fingerprint density at radius 2 is 1.88 bits per heavy atom. The molecule has 0 aliphatic carbocycles. The predicted molar refractivity (Wildman–Crippen MR) is 93.0 cm³/mol. The Hall–Kier alpha value is -1.44. The van der Waals surface area contributed by atoms with Gasteiger partial charge in [0.05, 0.1) is 11.5 Å². The number of piperazine rings is 1. The van der Waals surface area contributed by atoms with E-state index in [1.807, 2.05) is 0 Å². The molecule has 1 aromatic rings. The maximum Gasteiger partial charge on any atom is 0.254 e. The van der Waals surface area contributed by atoms with E-state index in [-0.39, 0.29) is 22.9 Å². The van der Waals surface area contributed by atoms with Gasteiger partial charge in [-0.05, 0) is 32.0 Å². The first-order chi connectivity index (χ1) is 11.2. The minimum absolute atomic E-state index is 0.120. The summed E-state index contributed by atoms with van der Waals surface area (Å²) in [5.74, 6) is -0.120. The highest BCUT2D eigenvalue weighted by atomic mass is 32.2. The maximum atomic E-state index is 12.8. The van der Waals surface area contributed by atoms with Crippen molar-refractivity contribution in [3.8, 4) is 0 Å². The third-order valence-electron chi connectivity index (χ3n) is 4.45. The van der Waals surface area contributed by atoms with Gasteiger partial charge in [0.25, 0.3) is 5.91 Å². The molecule has 0 aromatic heterocycles. The molecule has 1 saturated heterocycles. The van der Waals surface area contributed by atoms with Gasteiger partial charge in [0.1, 0.15) is 0 Å². The number of carbonyl (C=O) groups is 1. The van der Waals surface area contributed by atoms with Crippen LogP contribution in [0.1, 0.15) is 24.2 Å². The summed E-state index contributed by atoms with van der Waals surface area (Å²) >= 11 is 0. The van der Waals surface area contributed by atoms with Crippen LogP contribution in [0.5, 0.6) is 0 Å². The van der Waals surface area contributed by atoms with Crippen LogP contribution in [0.15, 0.2) is 29.2 Å². The Kier molecular flexibility index (Phi) is 6.01. The second-order valence-electron chi connectivity index (χ2n) is 6.44. The molecule has 24 heavy (non-hydrogen) atoms. The molecular formula is C17H26N2O4S. The van der Waals surface area contributed by atoms with Gasteiger partial charge < -0.3 is 9.64 Å². The maximum absolute atomic E-state index is 12.8. The van der Waals surface area contributed by atoms with Gasteiger partial charge in [0.15, 0.2) is 9.84 Å². The molecule has 7 heteroatoms. The lowest BCUT2D eigenvalue weighted by atomic mass is 10.1. The molecule has 0 saturated carbocycles. The van der Waals surface area contributed by atoms with E-state index in [9.17, 15) is 13.2 Å². The number of rotatable bonds is 5. The lowest BCUT2D eigenvalue weighted by Crippen LogP contribution is -2.58. The van der Waals surface area contributed by atoms with Gasteiger partial charge in [0, 0.05) is 50.6 Å². The molecule has 2 rings (SSSR count). The van der Waals surface area contributed by atoms with E-state index in [0.29, 0.717) is 25.3 Å². The SMILES string of the molecule is COCCN1C(C)CN(C(=O)c2cccc(S(C)(=O)=O)c2)CC1C. The highest BCUT2D eigenvalue weighted by molar-refractivity contribution is 7.90. The number of sulfone groups is 1. The highest BCUT2D eigenvalue weighted by Crippen LogP contribution is 2.19. The van der Waals surface area contributed by atoms with Crippen molar-refractivity contribution in [2.45, 2.75) is 30.8 Å². The first-order valence-corrected chi connectivity index (χ1v) is 9.97. The van der Waals surface area contributed by atoms with Crippen LogP contribution in [0.4, 0.5) is 0 Å². The molecule has 2 atom stereocenters. The topological polar surface area (TPSA) is 66.9 Å². The lowest BCUT2D eigenvalue weighted by molar-refractivity contribution is 0.0193. The summed E-state index contributed by atoms with van der Waals surface area (Å²) in [6, 6.07) is 6.72. The number of carbonyl (C=O) groups excluding carboxylic acids is 1. The number of methoxy groups -OCH3 is 1. The number of hydrogen-bond acceptors (Lipinski definition) is 5. The summed E-state index contributed by atoms with van der Waals surface area (Å²) in [4.78, 5) is 17.1. The average molecular weight is 354 g/mol. The van der Waals surface area contributed by atoms with E-state index in [1.54, 1.807) is 24.1 Å². The molecule has 0 bridgehead atoms. The molecule has 0 radical (unpaired) electrons. The van der Waals surface area contributed by atoms with Crippen LogP contribution in [-0.2, 0) is 14.6 Å². The van der Waals surface area contributed by atoms with Gasteiger partial charge in [0.2, 0.25) is 0 Å². The van der Waals surface area contributed by atoms with E-state index in [2.05, 4.69) is 18.7 Å². The summed E-state index contributed by atoms with van der Waals surface area (Å²) in [5, 5.41) is 0. The van der Waals surface area contributed by atoms with Crippen LogP contribution >= 0.6 is 0 Å². The van der Waals surface area contributed by atoms with Gasteiger partial charge in [-0.1, -0.05) is 6.07 Å². The molecule has 1 aliphatic heterocycles. The fourth-order valence-electron chi connectivity index (χ4n) is 3.20. The van der Waals surface area contributed by atoms with Crippen molar-refractivity contribution in [1.29, 1.82) is 0 Å². The average Bonchev–Trinajstić information content (AvgIpc) is 2.52. The molecule has 6 nitrogen and oxygen atoms in total. The van der Waals surface area contributed by atoms with Crippen LogP contribution in [0, 0.1) is 0 Å². The normalized spacial score (nSPS) is 22.6. The third kappa shape index (κ3) is 4.34. The number of nitrogens with zero attached hydrogens (tertiary/aromatic N) is 2. The van der Waals surface area contributed by atoms with Crippen LogP contribution in [-0.4, -0.2) is 75.8 Å². The molecule has 134 valence electrons. The standard InChI is InChI=1S/C17H26N2O4S/c1-13-11-18(12-14(2)19(13)8-9-23-3)17(20)15-6-5-7-16(10-15)24(4,21)22/h5-7,10,13-14H,8-9,11-12H2,1-4H3.